The molecule has 0 bridgehead atoms. The Hall–Kier alpha value is -1.56. The van der Waals surface area contributed by atoms with Gasteiger partial charge >= 0.3 is 0 Å². The molecule has 2 N–H and O–H groups in total. The summed E-state index contributed by atoms with van der Waals surface area (Å²) in [6, 6.07) is 3.90. The first kappa shape index (κ1) is 17.5. The van der Waals surface area contributed by atoms with E-state index >= 15 is 0 Å². The van der Waals surface area contributed by atoms with Crippen LogP contribution in [0.1, 0.15) is 17.5 Å². The monoisotopic (exact) mass is 295 g/mol. The van der Waals surface area contributed by atoms with Crippen molar-refractivity contribution in [3.63, 3.8) is 0 Å². The molecule has 0 aliphatic heterocycles. The number of benzene rings is 1. The Morgan fingerprint density at radius 1 is 1.38 bits per heavy atom. The second-order valence-electron chi connectivity index (χ2n) is 5.10. The first-order chi connectivity index (χ1) is 10.0. The molecule has 0 aliphatic rings. The molecule has 0 fully saturated rings. The van der Waals surface area contributed by atoms with E-state index in [9.17, 15) is 5.11 Å². The summed E-state index contributed by atoms with van der Waals surface area (Å²) in [7, 11) is 5.49. The SMILES string of the molecule is C=CCc1cc(CN(C)C)c(OC(O)CCO)c(OC)c1. The van der Waals surface area contributed by atoms with Crippen molar-refractivity contribution in [1.29, 1.82) is 0 Å². The van der Waals surface area contributed by atoms with Gasteiger partial charge < -0.3 is 24.6 Å². The number of aliphatic hydroxyl groups excluding tert-OH is 2. The van der Waals surface area contributed by atoms with Gasteiger partial charge in [0, 0.05) is 25.1 Å². The highest BCUT2D eigenvalue weighted by Gasteiger charge is 2.17. The topological polar surface area (TPSA) is 62.2 Å². The zero-order valence-electron chi connectivity index (χ0n) is 13.0. The van der Waals surface area contributed by atoms with E-state index in [1.807, 2.05) is 37.2 Å². The number of rotatable bonds is 9. The lowest BCUT2D eigenvalue weighted by Crippen LogP contribution is -2.20. The van der Waals surface area contributed by atoms with Crippen LogP contribution in [-0.4, -0.2) is 49.2 Å². The van der Waals surface area contributed by atoms with Gasteiger partial charge in [-0.3, -0.25) is 0 Å². The number of allylic oxidation sites excluding steroid dienone is 1. The van der Waals surface area contributed by atoms with Crippen molar-refractivity contribution in [3.05, 3.63) is 35.9 Å². The lowest BCUT2D eigenvalue weighted by Gasteiger charge is -2.21. The maximum atomic E-state index is 9.79. The first-order valence-corrected chi connectivity index (χ1v) is 6.92. The Bertz CT molecular complexity index is 460. The second-order valence-corrected chi connectivity index (χ2v) is 5.10. The molecule has 0 amide bonds. The Morgan fingerprint density at radius 2 is 2.10 bits per heavy atom. The highest BCUT2D eigenvalue weighted by molar-refractivity contribution is 5.50. The van der Waals surface area contributed by atoms with Crippen LogP contribution in [-0.2, 0) is 13.0 Å². The summed E-state index contributed by atoms with van der Waals surface area (Å²) in [5.74, 6) is 1.09. The van der Waals surface area contributed by atoms with Gasteiger partial charge in [-0.05, 0) is 32.1 Å². The minimum atomic E-state index is -1.06. The fourth-order valence-corrected chi connectivity index (χ4v) is 2.06. The highest BCUT2D eigenvalue weighted by atomic mass is 16.6. The molecule has 21 heavy (non-hydrogen) atoms. The molecule has 1 aromatic rings. The van der Waals surface area contributed by atoms with Crippen LogP contribution in [0, 0.1) is 0 Å². The van der Waals surface area contributed by atoms with Crippen LogP contribution in [0.2, 0.25) is 0 Å². The van der Waals surface area contributed by atoms with Gasteiger partial charge in [-0.2, -0.15) is 0 Å². The van der Waals surface area contributed by atoms with E-state index < -0.39 is 6.29 Å². The maximum Gasteiger partial charge on any atom is 0.199 e. The van der Waals surface area contributed by atoms with Gasteiger partial charge in [-0.1, -0.05) is 12.1 Å². The molecule has 1 unspecified atom stereocenters. The van der Waals surface area contributed by atoms with Crippen molar-refractivity contribution in [3.8, 4) is 11.5 Å². The Labute approximate surface area is 126 Å². The van der Waals surface area contributed by atoms with Gasteiger partial charge in [-0.25, -0.2) is 0 Å². The maximum absolute atomic E-state index is 9.79. The molecule has 1 rings (SSSR count). The van der Waals surface area contributed by atoms with Crippen molar-refractivity contribution < 1.29 is 19.7 Å². The third-order valence-corrected chi connectivity index (χ3v) is 2.91. The average molecular weight is 295 g/mol. The molecule has 0 spiro atoms. The van der Waals surface area contributed by atoms with Gasteiger partial charge in [0.05, 0.1) is 7.11 Å². The smallest absolute Gasteiger partial charge is 0.199 e. The number of aliphatic hydroxyl groups is 2. The molecule has 0 saturated heterocycles. The average Bonchev–Trinajstić information content (AvgIpc) is 2.41. The zero-order valence-corrected chi connectivity index (χ0v) is 13.0. The van der Waals surface area contributed by atoms with Crippen LogP contribution in [0.3, 0.4) is 0 Å². The molecule has 118 valence electrons. The fraction of sp³-hybridized carbons (Fsp3) is 0.500. The molecule has 0 saturated carbocycles. The summed E-state index contributed by atoms with van der Waals surface area (Å²) in [5, 5.41) is 18.7. The third-order valence-electron chi connectivity index (χ3n) is 2.91. The number of methoxy groups -OCH3 is 1. The van der Waals surface area contributed by atoms with Gasteiger partial charge in [-0.15, -0.1) is 6.58 Å². The van der Waals surface area contributed by atoms with Crippen molar-refractivity contribution in [2.75, 3.05) is 27.8 Å². The molecule has 0 aliphatic carbocycles. The Morgan fingerprint density at radius 3 is 2.62 bits per heavy atom. The minimum absolute atomic E-state index is 0.138. The zero-order chi connectivity index (χ0) is 15.8. The van der Waals surface area contributed by atoms with Crippen molar-refractivity contribution in [2.45, 2.75) is 25.7 Å². The Kier molecular flexibility index (Phi) is 7.22. The molecule has 5 heteroatoms. The number of hydrogen-bond donors (Lipinski definition) is 2. The van der Waals surface area contributed by atoms with Crippen molar-refractivity contribution in [1.82, 2.24) is 4.90 Å². The standard InChI is InChI=1S/C16H25NO4/c1-5-6-12-9-13(11-17(2)3)16(14(10-12)20-4)21-15(19)7-8-18/h5,9-10,15,18-19H,1,6-8,11H2,2-4H3. The van der Waals surface area contributed by atoms with E-state index in [2.05, 4.69) is 6.58 Å². The fourth-order valence-electron chi connectivity index (χ4n) is 2.06. The van der Waals surface area contributed by atoms with Crippen LogP contribution < -0.4 is 9.47 Å². The van der Waals surface area contributed by atoms with Gasteiger partial charge in [0.2, 0.25) is 0 Å². The quantitative estimate of drug-likeness (QED) is 0.535. The molecular weight excluding hydrogens is 270 g/mol. The van der Waals surface area contributed by atoms with E-state index in [1.54, 1.807) is 7.11 Å². The first-order valence-electron chi connectivity index (χ1n) is 6.92. The summed E-state index contributed by atoms with van der Waals surface area (Å²) in [6.45, 7) is 4.26. The van der Waals surface area contributed by atoms with Crippen LogP contribution in [0.5, 0.6) is 11.5 Å². The summed E-state index contributed by atoms with van der Waals surface area (Å²) < 4.78 is 10.9. The van der Waals surface area contributed by atoms with Gasteiger partial charge in [0.1, 0.15) is 0 Å². The van der Waals surface area contributed by atoms with E-state index in [0.717, 1.165) is 17.5 Å². The van der Waals surface area contributed by atoms with Crippen LogP contribution in [0.25, 0.3) is 0 Å². The molecule has 1 atom stereocenters. The molecular formula is C16H25NO4. The molecule has 0 heterocycles. The Balaban J connectivity index is 3.18. The molecule has 1 aromatic carbocycles. The molecule has 5 nitrogen and oxygen atoms in total. The number of nitrogens with zero attached hydrogens (tertiary/aromatic N) is 1. The molecule has 0 radical (unpaired) electrons. The van der Waals surface area contributed by atoms with Gasteiger partial charge in [0.25, 0.3) is 0 Å². The summed E-state index contributed by atoms with van der Waals surface area (Å²) in [4.78, 5) is 2.01. The summed E-state index contributed by atoms with van der Waals surface area (Å²) in [6.07, 6.45) is 1.65. The normalized spacial score (nSPS) is 12.3. The summed E-state index contributed by atoms with van der Waals surface area (Å²) in [5.41, 5.74) is 2.00. The van der Waals surface area contributed by atoms with E-state index in [0.29, 0.717) is 18.0 Å². The lowest BCUT2D eigenvalue weighted by molar-refractivity contribution is -0.0349. The minimum Gasteiger partial charge on any atom is -0.493 e. The molecule has 0 aromatic heterocycles. The third kappa shape index (κ3) is 5.38. The van der Waals surface area contributed by atoms with E-state index in [1.165, 1.54) is 0 Å². The van der Waals surface area contributed by atoms with Crippen LogP contribution in [0.4, 0.5) is 0 Å². The second kappa shape index (κ2) is 8.67. The van der Waals surface area contributed by atoms with Crippen LogP contribution >= 0.6 is 0 Å². The largest absolute Gasteiger partial charge is 0.493 e. The van der Waals surface area contributed by atoms with Crippen molar-refractivity contribution in [2.24, 2.45) is 0 Å². The van der Waals surface area contributed by atoms with E-state index in [4.69, 9.17) is 14.6 Å². The lowest BCUT2D eigenvalue weighted by atomic mass is 10.1. The summed E-state index contributed by atoms with van der Waals surface area (Å²) >= 11 is 0. The predicted octanol–water partition coefficient (Wildman–Crippen LogP) is 1.56. The number of ether oxygens (including phenoxy) is 2. The van der Waals surface area contributed by atoms with Crippen molar-refractivity contribution >= 4 is 0 Å². The van der Waals surface area contributed by atoms with E-state index in [-0.39, 0.29) is 13.0 Å². The van der Waals surface area contributed by atoms with Gasteiger partial charge in [0.15, 0.2) is 17.8 Å². The highest BCUT2D eigenvalue weighted by Crippen LogP contribution is 2.34. The number of hydrogen-bond acceptors (Lipinski definition) is 5. The van der Waals surface area contributed by atoms with Crippen LogP contribution in [0.15, 0.2) is 24.8 Å². The predicted molar refractivity (Wildman–Crippen MR) is 82.6 cm³/mol.